The van der Waals surface area contributed by atoms with Gasteiger partial charge in [-0.3, -0.25) is 0 Å². The smallest absolute Gasteiger partial charge is 0.123 e. The van der Waals surface area contributed by atoms with Gasteiger partial charge >= 0.3 is 0 Å². The summed E-state index contributed by atoms with van der Waals surface area (Å²) in [6.45, 7) is 2.13. The van der Waals surface area contributed by atoms with Crippen LogP contribution in [0, 0.1) is 5.82 Å². The molecule has 1 aromatic carbocycles. The summed E-state index contributed by atoms with van der Waals surface area (Å²) in [5.74, 6) is -0.209. The van der Waals surface area contributed by atoms with Crippen molar-refractivity contribution in [2.24, 2.45) is 5.73 Å². The fourth-order valence-electron chi connectivity index (χ4n) is 3.36. The molecule has 0 heterocycles. The highest BCUT2D eigenvalue weighted by atomic mass is 19.1. The molecule has 0 spiro atoms. The van der Waals surface area contributed by atoms with Crippen molar-refractivity contribution in [2.45, 2.75) is 63.0 Å². The second kappa shape index (κ2) is 6.02. The Balaban J connectivity index is 2.30. The van der Waals surface area contributed by atoms with Gasteiger partial charge in [0, 0.05) is 11.5 Å². The summed E-state index contributed by atoms with van der Waals surface area (Å²) in [4.78, 5) is 0. The Bertz CT molecular complexity index is 396. The molecule has 0 aromatic heterocycles. The van der Waals surface area contributed by atoms with E-state index in [4.69, 9.17) is 5.73 Å². The molecule has 106 valence electrons. The van der Waals surface area contributed by atoms with Gasteiger partial charge in [0.25, 0.3) is 0 Å². The van der Waals surface area contributed by atoms with Crippen molar-refractivity contribution in [1.29, 1.82) is 0 Å². The van der Waals surface area contributed by atoms with Gasteiger partial charge in [-0.25, -0.2) is 4.39 Å². The van der Waals surface area contributed by atoms with E-state index < -0.39 is 0 Å². The molecule has 3 heteroatoms. The summed E-state index contributed by atoms with van der Waals surface area (Å²) in [7, 11) is 0. The van der Waals surface area contributed by atoms with Crippen molar-refractivity contribution in [1.82, 2.24) is 0 Å². The van der Waals surface area contributed by atoms with Crippen LogP contribution in [0.1, 0.15) is 51.0 Å². The Morgan fingerprint density at radius 1 is 1.32 bits per heavy atom. The van der Waals surface area contributed by atoms with Gasteiger partial charge in [0.2, 0.25) is 0 Å². The average molecular weight is 265 g/mol. The van der Waals surface area contributed by atoms with Crippen LogP contribution < -0.4 is 5.73 Å². The van der Waals surface area contributed by atoms with Crippen LogP contribution in [0.25, 0.3) is 0 Å². The van der Waals surface area contributed by atoms with Crippen molar-refractivity contribution in [2.75, 3.05) is 0 Å². The van der Waals surface area contributed by atoms with E-state index in [1.54, 1.807) is 0 Å². The first kappa shape index (κ1) is 14.5. The molecule has 1 aliphatic rings. The van der Waals surface area contributed by atoms with Crippen LogP contribution in [0.4, 0.5) is 4.39 Å². The van der Waals surface area contributed by atoms with E-state index in [1.165, 1.54) is 12.1 Å². The average Bonchev–Trinajstić information content (AvgIpc) is 2.41. The molecule has 1 atom stereocenters. The van der Waals surface area contributed by atoms with Gasteiger partial charge in [0.1, 0.15) is 5.82 Å². The Morgan fingerprint density at radius 3 is 2.42 bits per heavy atom. The predicted octanol–water partition coefficient (Wildman–Crippen LogP) is 3.13. The standard InChI is InChI=1S/C16H24FNO/c1-2-3-15(18)16(10-8-14(19)9-11-16)12-4-6-13(17)7-5-12/h4-7,14-15,19H,2-3,8-11,18H2,1H3. The van der Waals surface area contributed by atoms with Gasteiger partial charge in [-0.05, 0) is 49.8 Å². The minimum Gasteiger partial charge on any atom is -0.393 e. The molecule has 2 rings (SSSR count). The lowest BCUT2D eigenvalue weighted by molar-refractivity contribution is 0.0840. The van der Waals surface area contributed by atoms with Crippen molar-refractivity contribution >= 4 is 0 Å². The highest BCUT2D eigenvalue weighted by Crippen LogP contribution is 2.42. The van der Waals surface area contributed by atoms with Crippen molar-refractivity contribution in [3.8, 4) is 0 Å². The molecule has 1 saturated carbocycles. The largest absolute Gasteiger partial charge is 0.393 e. The van der Waals surface area contributed by atoms with Gasteiger partial charge in [-0.2, -0.15) is 0 Å². The number of hydrogen-bond donors (Lipinski definition) is 2. The minimum absolute atomic E-state index is 0.0791. The number of rotatable bonds is 4. The van der Waals surface area contributed by atoms with Crippen LogP contribution in [-0.2, 0) is 5.41 Å². The predicted molar refractivity (Wildman–Crippen MR) is 75.4 cm³/mol. The highest BCUT2D eigenvalue weighted by Gasteiger charge is 2.40. The molecule has 1 unspecified atom stereocenters. The summed E-state index contributed by atoms with van der Waals surface area (Å²) >= 11 is 0. The molecule has 0 amide bonds. The zero-order chi connectivity index (χ0) is 13.9. The first-order chi connectivity index (χ1) is 9.08. The van der Waals surface area contributed by atoms with Crippen molar-refractivity contribution in [3.05, 3.63) is 35.6 Å². The number of aliphatic hydroxyl groups is 1. The fourth-order valence-corrected chi connectivity index (χ4v) is 3.36. The molecule has 3 N–H and O–H groups in total. The zero-order valence-electron chi connectivity index (χ0n) is 11.6. The molecule has 0 saturated heterocycles. The number of nitrogens with two attached hydrogens (primary N) is 1. The summed E-state index contributed by atoms with van der Waals surface area (Å²) in [5, 5.41) is 9.74. The molecule has 1 aliphatic carbocycles. The van der Waals surface area contributed by atoms with E-state index in [9.17, 15) is 9.50 Å². The molecule has 0 bridgehead atoms. The summed E-state index contributed by atoms with van der Waals surface area (Å²) in [5.41, 5.74) is 7.47. The minimum atomic E-state index is -0.209. The van der Waals surface area contributed by atoms with Crippen LogP contribution in [0.5, 0.6) is 0 Å². The van der Waals surface area contributed by atoms with E-state index in [2.05, 4.69) is 6.92 Å². The first-order valence-electron chi connectivity index (χ1n) is 7.28. The lowest BCUT2D eigenvalue weighted by Crippen LogP contribution is -2.48. The second-order valence-corrected chi connectivity index (χ2v) is 5.79. The highest BCUT2D eigenvalue weighted by molar-refractivity contribution is 5.29. The van der Waals surface area contributed by atoms with E-state index in [-0.39, 0.29) is 23.4 Å². The van der Waals surface area contributed by atoms with E-state index in [1.807, 2.05) is 12.1 Å². The Hall–Kier alpha value is -0.930. The third-order valence-corrected chi connectivity index (χ3v) is 4.58. The molecule has 1 aromatic rings. The van der Waals surface area contributed by atoms with Gasteiger partial charge in [0.05, 0.1) is 6.10 Å². The third kappa shape index (κ3) is 2.98. The number of benzene rings is 1. The maximum absolute atomic E-state index is 13.1. The lowest BCUT2D eigenvalue weighted by atomic mass is 9.63. The van der Waals surface area contributed by atoms with Crippen LogP contribution in [-0.4, -0.2) is 17.3 Å². The molecule has 19 heavy (non-hydrogen) atoms. The summed E-state index contributed by atoms with van der Waals surface area (Å²) < 4.78 is 13.1. The van der Waals surface area contributed by atoms with Gasteiger partial charge in [-0.15, -0.1) is 0 Å². The van der Waals surface area contributed by atoms with Crippen molar-refractivity contribution in [3.63, 3.8) is 0 Å². The van der Waals surface area contributed by atoms with E-state index >= 15 is 0 Å². The van der Waals surface area contributed by atoms with E-state index in [0.29, 0.717) is 0 Å². The van der Waals surface area contributed by atoms with Crippen LogP contribution >= 0.6 is 0 Å². The summed E-state index contributed by atoms with van der Waals surface area (Å²) in [6.07, 6.45) is 5.16. The Labute approximate surface area is 114 Å². The Kier molecular flexibility index (Phi) is 4.58. The lowest BCUT2D eigenvalue weighted by Gasteiger charge is -2.44. The normalized spacial score (nSPS) is 29.2. The van der Waals surface area contributed by atoms with Gasteiger partial charge in [-0.1, -0.05) is 25.5 Å². The third-order valence-electron chi connectivity index (χ3n) is 4.58. The van der Waals surface area contributed by atoms with E-state index in [0.717, 1.165) is 44.1 Å². The SMILES string of the molecule is CCCC(N)C1(c2ccc(F)cc2)CCC(O)CC1. The molecule has 0 aliphatic heterocycles. The molecular formula is C16H24FNO. The maximum Gasteiger partial charge on any atom is 0.123 e. The summed E-state index contributed by atoms with van der Waals surface area (Å²) in [6, 6.07) is 6.84. The molecule has 1 fully saturated rings. The monoisotopic (exact) mass is 265 g/mol. The molecular weight excluding hydrogens is 241 g/mol. The van der Waals surface area contributed by atoms with Gasteiger partial charge < -0.3 is 10.8 Å². The fraction of sp³-hybridized carbons (Fsp3) is 0.625. The number of aliphatic hydroxyl groups excluding tert-OH is 1. The topological polar surface area (TPSA) is 46.2 Å². The van der Waals surface area contributed by atoms with Crippen LogP contribution in [0.15, 0.2) is 24.3 Å². The number of hydrogen-bond acceptors (Lipinski definition) is 2. The van der Waals surface area contributed by atoms with Crippen LogP contribution in [0.3, 0.4) is 0 Å². The maximum atomic E-state index is 13.1. The molecule has 0 radical (unpaired) electrons. The van der Waals surface area contributed by atoms with Crippen LogP contribution in [0.2, 0.25) is 0 Å². The quantitative estimate of drug-likeness (QED) is 0.878. The number of halogens is 1. The molecule has 2 nitrogen and oxygen atoms in total. The van der Waals surface area contributed by atoms with Gasteiger partial charge in [0.15, 0.2) is 0 Å². The zero-order valence-corrected chi connectivity index (χ0v) is 11.6. The Morgan fingerprint density at radius 2 is 1.89 bits per heavy atom. The first-order valence-corrected chi connectivity index (χ1v) is 7.28. The second-order valence-electron chi connectivity index (χ2n) is 5.79. The van der Waals surface area contributed by atoms with Crippen molar-refractivity contribution < 1.29 is 9.50 Å².